The number of hydrogen-bond donors (Lipinski definition) is 2. The predicted octanol–water partition coefficient (Wildman–Crippen LogP) is 2.75. The van der Waals surface area contributed by atoms with Crippen molar-refractivity contribution in [2.24, 2.45) is 0 Å². The lowest BCUT2D eigenvalue weighted by Gasteiger charge is -1.97. The lowest BCUT2D eigenvalue weighted by molar-refractivity contribution is 0.0966. The van der Waals surface area contributed by atoms with Gasteiger partial charge < -0.3 is 11.1 Å². The number of carbonyl (C=O) groups excluding carboxylic acids is 1. The number of pyridine rings is 1. The van der Waals surface area contributed by atoms with Crippen molar-refractivity contribution in [3.05, 3.63) is 71.9 Å². The van der Waals surface area contributed by atoms with Gasteiger partial charge in [0.1, 0.15) is 0 Å². The molecule has 4 nitrogen and oxygen atoms in total. The van der Waals surface area contributed by atoms with Gasteiger partial charge in [-0.25, -0.2) is 0 Å². The fraction of sp³-hybridized carbons (Fsp3) is 0.0588. The van der Waals surface area contributed by atoms with Crippen molar-refractivity contribution in [2.75, 3.05) is 5.73 Å². The Labute approximate surface area is 122 Å². The van der Waals surface area contributed by atoms with Gasteiger partial charge in [-0.05, 0) is 23.8 Å². The third-order valence-electron chi connectivity index (χ3n) is 3.37. The summed E-state index contributed by atoms with van der Waals surface area (Å²) in [6.45, 7) is 0.689. The van der Waals surface area contributed by atoms with Crippen molar-refractivity contribution in [1.29, 1.82) is 0 Å². The molecule has 3 aromatic rings. The molecule has 4 heteroatoms. The molecule has 0 radical (unpaired) electrons. The maximum atomic E-state index is 11.0. The van der Waals surface area contributed by atoms with Gasteiger partial charge in [0.15, 0.2) is 0 Å². The number of nitrogen functional groups attached to an aromatic ring is 1. The van der Waals surface area contributed by atoms with E-state index < -0.39 is 0 Å². The van der Waals surface area contributed by atoms with Gasteiger partial charge in [0.25, 0.3) is 5.91 Å². The monoisotopic (exact) mass is 277 g/mol. The summed E-state index contributed by atoms with van der Waals surface area (Å²) in [6.07, 6.45) is 1.75. The summed E-state index contributed by atoms with van der Waals surface area (Å²) in [5.41, 5.74) is 9.24. The number of para-hydroxylation sites is 1. The zero-order chi connectivity index (χ0) is 14.7. The number of amides is 1. The zero-order valence-electron chi connectivity index (χ0n) is 11.4. The Balaban J connectivity index is 0.000000126. The van der Waals surface area contributed by atoms with Gasteiger partial charge in [-0.1, -0.05) is 36.4 Å². The van der Waals surface area contributed by atoms with E-state index in [0.717, 1.165) is 27.7 Å². The first-order valence-electron chi connectivity index (χ1n) is 6.71. The first-order chi connectivity index (χ1) is 10.3. The van der Waals surface area contributed by atoms with Crippen LogP contribution in [0.1, 0.15) is 15.9 Å². The molecule has 4 rings (SSSR count). The smallest absolute Gasteiger partial charge is 0.251 e. The number of hydrogen-bond acceptors (Lipinski definition) is 3. The van der Waals surface area contributed by atoms with Crippen LogP contribution in [0, 0.1) is 0 Å². The maximum Gasteiger partial charge on any atom is 0.251 e. The SMILES string of the molecule is Nc1cccc2cccnc12.O=C1NCc2ccccc21. The molecule has 1 aliphatic rings. The number of rotatable bonds is 0. The van der Waals surface area contributed by atoms with Crippen LogP contribution in [-0.2, 0) is 6.54 Å². The molecule has 0 saturated heterocycles. The molecule has 0 saturated carbocycles. The van der Waals surface area contributed by atoms with Crippen LogP contribution in [0.2, 0.25) is 0 Å². The first kappa shape index (κ1) is 13.1. The summed E-state index contributed by atoms with van der Waals surface area (Å²) in [4.78, 5) is 15.1. The first-order valence-corrected chi connectivity index (χ1v) is 6.71. The Bertz CT molecular complexity index is 793. The van der Waals surface area contributed by atoms with Crippen molar-refractivity contribution >= 4 is 22.5 Å². The molecule has 2 heterocycles. The van der Waals surface area contributed by atoms with Gasteiger partial charge in [0.2, 0.25) is 0 Å². The standard InChI is InChI=1S/C9H8N2.C8H7NO/c10-8-5-1-3-7-4-2-6-11-9(7)8;10-8-7-4-2-1-3-6(7)5-9-8/h1-6H,10H2;1-4H,5H2,(H,9,10). The van der Waals surface area contributed by atoms with Crippen molar-refractivity contribution in [1.82, 2.24) is 10.3 Å². The number of nitrogens with two attached hydrogens (primary N) is 1. The van der Waals surface area contributed by atoms with Gasteiger partial charge >= 0.3 is 0 Å². The Hall–Kier alpha value is -2.88. The average Bonchev–Trinajstić information content (AvgIpc) is 2.91. The number of nitrogens with one attached hydrogen (secondary N) is 1. The van der Waals surface area contributed by atoms with E-state index in [0.29, 0.717) is 6.54 Å². The molecular formula is C17H15N3O. The Morgan fingerprint density at radius 2 is 1.81 bits per heavy atom. The van der Waals surface area contributed by atoms with E-state index in [-0.39, 0.29) is 5.91 Å². The lowest BCUT2D eigenvalue weighted by atomic mass is 10.1. The topological polar surface area (TPSA) is 68.0 Å². The third kappa shape index (κ3) is 2.69. The lowest BCUT2D eigenvalue weighted by Crippen LogP contribution is -2.12. The Morgan fingerprint density at radius 3 is 2.62 bits per heavy atom. The largest absolute Gasteiger partial charge is 0.397 e. The minimum absolute atomic E-state index is 0.0515. The zero-order valence-corrected chi connectivity index (χ0v) is 11.4. The molecule has 0 aliphatic carbocycles. The van der Waals surface area contributed by atoms with Crippen LogP contribution < -0.4 is 11.1 Å². The number of anilines is 1. The molecule has 0 spiro atoms. The molecule has 104 valence electrons. The second-order valence-corrected chi connectivity index (χ2v) is 4.76. The van der Waals surface area contributed by atoms with Gasteiger partial charge in [-0.3, -0.25) is 9.78 Å². The molecule has 0 atom stereocenters. The molecule has 1 amide bonds. The summed E-state index contributed by atoms with van der Waals surface area (Å²) < 4.78 is 0. The summed E-state index contributed by atoms with van der Waals surface area (Å²) in [6, 6.07) is 17.3. The molecule has 3 N–H and O–H groups in total. The van der Waals surface area contributed by atoms with Crippen LogP contribution in [0.3, 0.4) is 0 Å². The number of aromatic nitrogens is 1. The van der Waals surface area contributed by atoms with Crippen molar-refractivity contribution < 1.29 is 4.79 Å². The fourth-order valence-electron chi connectivity index (χ4n) is 2.29. The van der Waals surface area contributed by atoms with Gasteiger partial charge in [0.05, 0.1) is 11.2 Å². The van der Waals surface area contributed by atoms with Crippen LogP contribution in [-0.4, -0.2) is 10.9 Å². The number of nitrogens with zero attached hydrogens (tertiary/aromatic N) is 1. The van der Waals surface area contributed by atoms with Gasteiger partial charge in [-0.2, -0.15) is 0 Å². The van der Waals surface area contributed by atoms with E-state index in [9.17, 15) is 4.79 Å². The third-order valence-corrected chi connectivity index (χ3v) is 3.37. The normalized spacial score (nSPS) is 12.3. The number of fused-ring (bicyclic) bond motifs is 2. The van der Waals surface area contributed by atoms with E-state index in [2.05, 4.69) is 10.3 Å². The van der Waals surface area contributed by atoms with Crippen molar-refractivity contribution in [3.63, 3.8) is 0 Å². The second kappa shape index (κ2) is 5.63. The summed E-state index contributed by atoms with van der Waals surface area (Å²) in [5, 5.41) is 3.84. The highest BCUT2D eigenvalue weighted by atomic mass is 16.1. The Kier molecular flexibility index (Phi) is 3.51. The minimum Gasteiger partial charge on any atom is -0.397 e. The average molecular weight is 277 g/mol. The van der Waals surface area contributed by atoms with E-state index in [1.165, 1.54) is 0 Å². The van der Waals surface area contributed by atoms with Crippen molar-refractivity contribution in [2.45, 2.75) is 6.54 Å². The van der Waals surface area contributed by atoms with Crippen LogP contribution in [0.4, 0.5) is 5.69 Å². The van der Waals surface area contributed by atoms with Crippen LogP contribution in [0.15, 0.2) is 60.8 Å². The van der Waals surface area contributed by atoms with E-state index >= 15 is 0 Å². The highest BCUT2D eigenvalue weighted by Gasteiger charge is 2.16. The molecule has 0 bridgehead atoms. The highest BCUT2D eigenvalue weighted by Crippen LogP contribution is 2.16. The quantitative estimate of drug-likeness (QED) is 0.621. The molecule has 0 unspecified atom stereocenters. The van der Waals surface area contributed by atoms with E-state index in [1.807, 2.05) is 54.6 Å². The van der Waals surface area contributed by atoms with Crippen LogP contribution in [0.25, 0.3) is 10.9 Å². The number of benzene rings is 2. The molecule has 2 aromatic carbocycles. The number of carbonyl (C=O) groups is 1. The molecular weight excluding hydrogens is 262 g/mol. The van der Waals surface area contributed by atoms with Gasteiger partial charge in [-0.15, -0.1) is 0 Å². The fourth-order valence-corrected chi connectivity index (χ4v) is 2.29. The Morgan fingerprint density at radius 1 is 1.00 bits per heavy atom. The van der Waals surface area contributed by atoms with E-state index in [4.69, 9.17) is 5.73 Å². The summed E-state index contributed by atoms with van der Waals surface area (Å²) >= 11 is 0. The second-order valence-electron chi connectivity index (χ2n) is 4.76. The molecule has 21 heavy (non-hydrogen) atoms. The van der Waals surface area contributed by atoms with Crippen molar-refractivity contribution in [3.8, 4) is 0 Å². The van der Waals surface area contributed by atoms with Crippen LogP contribution in [0.5, 0.6) is 0 Å². The summed E-state index contributed by atoms with van der Waals surface area (Å²) in [7, 11) is 0. The molecule has 0 fully saturated rings. The molecule has 1 aromatic heterocycles. The van der Waals surface area contributed by atoms with Crippen LogP contribution >= 0.6 is 0 Å². The highest BCUT2D eigenvalue weighted by molar-refractivity contribution is 5.98. The molecule has 1 aliphatic heterocycles. The predicted molar refractivity (Wildman–Crippen MR) is 83.8 cm³/mol. The van der Waals surface area contributed by atoms with E-state index in [1.54, 1.807) is 6.20 Å². The minimum atomic E-state index is 0.0515. The summed E-state index contributed by atoms with van der Waals surface area (Å²) in [5.74, 6) is 0.0515. The van der Waals surface area contributed by atoms with Gasteiger partial charge in [0, 0.05) is 23.7 Å². The maximum absolute atomic E-state index is 11.0.